The molecule has 1 aromatic heterocycles. The summed E-state index contributed by atoms with van der Waals surface area (Å²) in [6, 6.07) is 0. The summed E-state index contributed by atoms with van der Waals surface area (Å²) in [5.74, 6) is 1.88. The number of likely N-dealkylation sites (tertiary alicyclic amines) is 1. The number of nitrogens with two attached hydrogens (primary N) is 1. The van der Waals surface area contributed by atoms with Gasteiger partial charge in [0.25, 0.3) is 0 Å². The Kier molecular flexibility index (Phi) is 5.45. The first-order valence-corrected chi connectivity index (χ1v) is 8.03. The fourth-order valence-corrected chi connectivity index (χ4v) is 3.13. The lowest BCUT2D eigenvalue weighted by Crippen LogP contribution is -2.44. The molecule has 0 atom stereocenters. The fraction of sp³-hybridized carbons (Fsp3) is 0.800. The number of aromatic nitrogens is 2. The number of nitrogens with zero attached hydrogens (tertiary/aromatic N) is 3. The second kappa shape index (κ2) is 6.96. The zero-order chi connectivity index (χ0) is 14.9. The summed E-state index contributed by atoms with van der Waals surface area (Å²) in [6.07, 6.45) is 6.36. The summed E-state index contributed by atoms with van der Waals surface area (Å²) < 4.78 is 5.42. The largest absolute Gasteiger partial charge is 0.343 e. The van der Waals surface area contributed by atoms with Crippen molar-refractivity contribution in [2.45, 2.75) is 63.3 Å². The molecule has 7 heteroatoms. The Morgan fingerprint density at radius 1 is 1.41 bits per heavy atom. The van der Waals surface area contributed by atoms with Crippen molar-refractivity contribution in [3.63, 3.8) is 0 Å². The van der Waals surface area contributed by atoms with E-state index in [1.54, 1.807) is 0 Å². The van der Waals surface area contributed by atoms with E-state index in [1.165, 1.54) is 0 Å². The molecule has 2 heterocycles. The Labute approximate surface area is 137 Å². The van der Waals surface area contributed by atoms with Gasteiger partial charge in [0.05, 0.1) is 5.54 Å². The molecule has 0 radical (unpaired) electrons. The normalized spacial score (nSPS) is 21.1. The molecule has 1 aromatic rings. The summed E-state index contributed by atoms with van der Waals surface area (Å²) in [6.45, 7) is 3.61. The third-order valence-corrected chi connectivity index (χ3v) is 4.79. The molecule has 124 valence electrons. The van der Waals surface area contributed by atoms with E-state index >= 15 is 0 Å². The molecule has 1 aliphatic heterocycles. The molecule has 2 N–H and O–H groups in total. The van der Waals surface area contributed by atoms with Gasteiger partial charge >= 0.3 is 0 Å². The minimum Gasteiger partial charge on any atom is -0.343 e. The number of piperidine rings is 1. The van der Waals surface area contributed by atoms with Crippen molar-refractivity contribution in [2.24, 2.45) is 5.73 Å². The van der Waals surface area contributed by atoms with Crippen LogP contribution in [0.5, 0.6) is 0 Å². The van der Waals surface area contributed by atoms with Crippen molar-refractivity contribution in [3.05, 3.63) is 11.7 Å². The smallest absolute Gasteiger partial charge is 0.229 e. The second-order valence-electron chi connectivity index (χ2n) is 6.37. The van der Waals surface area contributed by atoms with Gasteiger partial charge in [0, 0.05) is 25.4 Å². The fourth-order valence-electron chi connectivity index (χ4n) is 3.13. The average Bonchev–Trinajstić information content (AvgIpc) is 2.95. The molecule has 1 amide bonds. The Bertz CT molecular complexity index is 507. The quantitative estimate of drug-likeness (QED) is 0.916. The van der Waals surface area contributed by atoms with E-state index in [9.17, 15) is 4.79 Å². The van der Waals surface area contributed by atoms with E-state index in [2.05, 4.69) is 10.1 Å². The van der Waals surface area contributed by atoms with E-state index in [1.807, 2.05) is 11.8 Å². The van der Waals surface area contributed by atoms with E-state index in [4.69, 9.17) is 10.3 Å². The SMILES string of the molecule is CCCC(=O)N1CCC(c2nc(C3(N)CCC3)no2)CC1.Cl. The monoisotopic (exact) mass is 328 g/mol. The zero-order valence-corrected chi connectivity index (χ0v) is 13.9. The van der Waals surface area contributed by atoms with Gasteiger partial charge in [-0.2, -0.15) is 4.98 Å². The van der Waals surface area contributed by atoms with Crippen molar-refractivity contribution in [1.82, 2.24) is 15.0 Å². The van der Waals surface area contributed by atoms with E-state index in [0.29, 0.717) is 18.1 Å². The molecule has 1 aliphatic carbocycles. The lowest BCUT2D eigenvalue weighted by molar-refractivity contribution is -0.132. The van der Waals surface area contributed by atoms with Gasteiger partial charge in [0.2, 0.25) is 11.8 Å². The second-order valence-corrected chi connectivity index (χ2v) is 6.37. The van der Waals surface area contributed by atoms with Gasteiger partial charge in [-0.15, -0.1) is 12.4 Å². The maximum absolute atomic E-state index is 11.9. The number of hydrogen-bond donors (Lipinski definition) is 1. The Hall–Kier alpha value is -1.14. The van der Waals surface area contributed by atoms with Crippen molar-refractivity contribution >= 4 is 18.3 Å². The summed E-state index contributed by atoms with van der Waals surface area (Å²) in [5.41, 5.74) is 5.86. The van der Waals surface area contributed by atoms with Crippen LogP contribution in [-0.4, -0.2) is 34.0 Å². The van der Waals surface area contributed by atoms with Crippen LogP contribution in [0.4, 0.5) is 0 Å². The average molecular weight is 329 g/mol. The van der Waals surface area contributed by atoms with Crippen molar-refractivity contribution in [1.29, 1.82) is 0 Å². The molecule has 1 saturated heterocycles. The predicted octanol–water partition coefficient (Wildman–Crippen LogP) is 2.34. The predicted molar refractivity (Wildman–Crippen MR) is 84.7 cm³/mol. The van der Waals surface area contributed by atoms with Crippen molar-refractivity contribution < 1.29 is 9.32 Å². The highest BCUT2D eigenvalue weighted by Crippen LogP contribution is 2.38. The number of rotatable bonds is 4. The minimum absolute atomic E-state index is 0. The van der Waals surface area contributed by atoms with Gasteiger partial charge in [0.1, 0.15) is 0 Å². The highest BCUT2D eigenvalue weighted by molar-refractivity contribution is 5.85. The van der Waals surface area contributed by atoms with Crippen LogP contribution in [0.3, 0.4) is 0 Å². The highest BCUT2D eigenvalue weighted by atomic mass is 35.5. The summed E-state index contributed by atoms with van der Waals surface area (Å²) in [5, 5.41) is 4.08. The lowest BCUT2D eigenvalue weighted by Gasteiger charge is -2.34. The Balaban J connectivity index is 0.00000176. The number of carbonyl (C=O) groups is 1. The van der Waals surface area contributed by atoms with Crippen LogP contribution in [-0.2, 0) is 10.3 Å². The Morgan fingerprint density at radius 3 is 2.64 bits per heavy atom. The van der Waals surface area contributed by atoms with Crippen LogP contribution in [0.2, 0.25) is 0 Å². The Morgan fingerprint density at radius 2 is 2.09 bits per heavy atom. The minimum atomic E-state index is -0.362. The summed E-state index contributed by atoms with van der Waals surface area (Å²) in [4.78, 5) is 18.4. The number of halogens is 1. The molecule has 3 rings (SSSR count). The van der Waals surface area contributed by atoms with E-state index in [-0.39, 0.29) is 29.8 Å². The highest BCUT2D eigenvalue weighted by Gasteiger charge is 2.39. The molecule has 0 spiro atoms. The van der Waals surface area contributed by atoms with Gasteiger partial charge in [-0.3, -0.25) is 4.79 Å². The van der Waals surface area contributed by atoms with Gasteiger partial charge in [0.15, 0.2) is 5.82 Å². The first kappa shape index (κ1) is 17.2. The molecule has 22 heavy (non-hydrogen) atoms. The summed E-state index contributed by atoms with van der Waals surface area (Å²) in [7, 11) is 0. The maximum Gasteiger partial charge on any atom is 0.229 e. The maximum atomic E-state index is 11.9. The third kappa shape index (κ3) is 3.27. The summed E-state index contributed by atoms with van der Waals surface area (Å²) >= 11 is 0. The molecular formula is C15H25ClN4O2. The molecule has 2 fully saturated rings. The van der Waals surface area contributed by atoms with Crippen molar-refractivity contribution in [3.8, 4) is 0 Å². The van der Waals surface area contributed by atoms with Crippen LogP contribution in [0.15, 0.2) is 4.52 Å². The van der Waals surface area contributed by atoms with Crippen LogP contribution in [0, 0.1) is 0 Å². The van der Waals surface area contributed by atoms with Crippen LogP contribution in [0.1, 0.15) is 69.5 Å². The molecule has 1 saturated carbocycles. The third-order valence-electron chi connectivity index (χ3n) is 4.79. The molecular weight excluding hydrogens is 304 g/mol. The first-order chi connectivity index (χ1) is 10.1. The van der Waals surface area contributed by atoms with E-state index < -0.39 is 0 Å². The van der Waals surface area contributed by atoms with Crippen LogP contribution in [0.25, 0.3) is 0 Å². The van der Waals surface area contributed by atoms with Gasteiger partial charge < -0.3 is 15.2 Å². The molecule has 0 bridgehead atoms. The van der Waals surface area contributed by atoms with Gasteiger partial charge in [-0.05, 0) is 38.5 Å². The molecule has 0 aromatic carbocycles. The molecule has 2 aliphatic rings. The number of hydrogen-bond acceptors (Lipinski definition) is 5. The molecule has 6 nitrogen and oxygen atoms in total. The first-order valence-electron chi connectivity index (χ1n) is 8.03. The van der Waals surface area contributed by atoms with E-state index in [0.717, 1.165) is 51.6 Å². The number of carbonyl (C=O) groups excluding carboxylic acids is 1. The molecule has 0 unspecified atom stereocenters. The lowest BCUT2D eigenvalue weighted by atomic mass is 9.77. The standard InChI is InChI=1S/C15H24N4O2.ClH/c1-2-4-12(20)19-9-5-11(6-10-19)13-17-14(18-21-13)15(16)7-3-8-15;/h11H,2-10,16H2,1H3;1H. The number of amides is 1. The van der Waals surface area contributed by atoms with Gasteiger partial charge in [-0.25, -0.2) is 0 Å². The zero-order valence-electron chi connectivity index (χ0n) is 13.1. The topological polar surface area (TPSA) is 85.2 Å². The van der Waals surface area contributed by atoms with Crippen LogP contribution >= 0.6 is 12.4 Å². The van der Waals surface area contributed by atoms with Crippen molar-refractivity contribution in [2.75, 3.05) is 13.1 Å². The van der Waals surface area contributed by atoms with Gasteiger partial charge in [-0.1, -0.05) is 12.1 Å². The van der Waals surface area contributed by atoms with Crippen LogP contribution < -0.4 is 5.73 Å².